The van der Waals surface area contributed by atoms with Crippen LogP contribution in [0.3, 0.4) is 0 Å². The van der Waals surface area contributed by atoms with E-state index in [0.29, 0.717) is 17.4 Å². The van der Waals surface area contributed by atoms with Crippen molar-refractivity contribution in [3.63, 3.8) is 0 Å². The van der Waals surface area contributed by atoms with E-state index in [1.165, 1.54) is 25.3 Å². The van der Waals surface area contributed by atoms with Crippen molar-refractivity contribution in [1.82, 2.24) is 14.5 Å². The number of nitrogens with zero attached hydrogens (tertiary/aromatic N) is 3. The lowest BCUT2D eigenvalue weighted by Gasteiger charge is -2.24. The molecule has 0 radical (unpaired) electrons. The zero-order chi connectivity index (χ0) is 25.2. The molecule has 1 aromatic carbocycles. The van der Waals surface area contributed by atoms with Gasteiger partial charge in [0.25, 0.3) is 10.0 Å². The fraction of sp³-hybridized carbons (Fsp3) is 0.480. The Labute approximate surface area is 206 Å². The number of ether oxygens (including phenoxy) is 1. The van der Waals surface area contributed by atoms with Crippen molar-refractivity contribution < 1.29 is 17.9 Å². The second kappa shape index (κ2) is 9.94. The minimum absolute atomic E-state index is 0.00377. The average Bonchev–Trinajstić information content (AvgIpc) is 3.16. The van der Waals surface area contributed by atoms with E-state index in [4.69, 9.17) is 9.72 Å². The first-order chi connectivity index (χ1) is 16.5. The molecule has 188 valence electrons. The summed E-state index contributed by atoms with van der Waals surface area (Å²) < 4.78 is 36.2. The first-order valence-electron chi connectivity index (χ1n) is 11.9. The summed E-state index contributed by atoms with van der Waals surface area (Å²) in [5, 5.41) is 2.52. The molecule has 2 aromatic heterocycles. The Hall–Kier alpha value is -2.98. The summed E-state index contributed by atoms with van der Waals surface area (Å²) in [6.45, 7) is 10.3. The first kappa shape index (κ1) is 25.1. The SMILES string of the molecule is CC(=O)Nc1ccc(S(=O)(=O)Nc2ccc3c(c2)nc(C(C)(C)C)n3CCC2CCOCC2)cn1. The molecule has 0 atom stereocenters. The zero-order valence-corrected chi connectivity index (χ0v) is 21.5. The molecule has 4 rings (SSSR count). The number of carbonyl (C=O) groups excluding carboxylic acids is 1. The number of nitrogens with one attached hydrogen (secondary N) is 2. The molecule has 35 heavy (non-hydrogen) atoms. The molecule has 10 heteroatoms. The predicted octanol–water partition coefficient (Wildman–Crippen LogP) is 4.30. The Bertz CT molecular complexity index is 1300. The van der Waals surface area contributed by atoms with E-state index in [2.05, 4.69) is 40.4 Å². The van der Waals surface area contributed by atoms with Crippen LogP contribution in [0.2, 0.25) is 0 Å². The predicted molar refractivity (Wildman–Crippen MR) is 136 cm³/mol. The number of benzene rings is 1. The van der Waals surface area contributed by atoms with Gasteiger partial charge in [0.2, 0.25) is 5.91 Å². The Morgan fingerprint density at radius 2 is 1.91 bits per heavy atom. The molecule has 1 aliphatic heterocycles. The van der Waals surface area contributed by atoms with E-state index in [0.717, 1.165) is 55.9 Å². The summed E-state index contributed by atoms with van der Waals surface area (Å²) in [6, 6.07) is 8.32. The van der Waals surface area contributed by atoms with Crippen LogP contribution in [0.5, 0.6) is 0 Å². The fourth-order valence-corrected chi connectivity index (χ4v) is 5.34. The van der Waals surface area contributed by atoms with Gasteiger partial charge < -0.3 is 14.6 Å². The molecular weight excluding hydrogens is 466 g/mol. The van der Waals surface area contributed by atoms with Crippen molar-refractivity contribution in [2.24, 2.45) is 5.92 Å². The van der Waals surface area contributed by atoms with Crippen LogP contribution < -0.4 is 10.0 Å². The maximum Gasteiger partial charge on any atom is 0.263 e. The van der Waals surface area contributed by atoms with Crippen molar-refractivity contribution in [3.05, 3.63) is 42.4 Å². The lowest BCUT2D eigenvalue weighted by molar-refractivity contribution is -0.114. The lowest BCUT2D eigenvalue weighted by atomic mass is 9.94. The van der Waals surface area contributed by atoms with Crippen molar-refractivity contribution in [1.29, 1.82) is 0 Å². The van der Waals surface area contributed by atoms with Gasteiger partial charge in [-0.15, -0.1) is 0 Å². The number of carbonyl (C=O) groups is 1. The number of hydrogen-bond acceptors (Lipinski definition) is 6. The molecule has 0 bridgehead atoms. The van der Waals surface area contributed by atoms with Crippen molar-refractivity contribution >= 4 is 38.5 Å². The second-order valence-electron chi connectivity index (χ2n) is 10.1. The van der Waals surface area contributed by atoms with Gasteiger partial charge >= 0.3 is 0 Å². The van der Waals surface area contributed by atoms with Gasteiger partial charge in [-0.2, -0.15) is 0 Å². The van der Waals surface area contributed by atoms with Gasteiger partial charge in [-0.25, -0.2) is 18.4 Å². The molecule has 1 fully saturated rings. The summed E-state index contributed by atoms with van der Waals surface area (Å²) in [4.78, 5) is 20.1. The molecule has 0 spiro atoms. The number of fused-ring (bicyclic) bond motifs is 1. The van der Waals surface area contributed by atoms with Gasteiger partial charge in [0, 0.05) is 38.3 Å². The molecule has 1 saturated heterocycles. The highest BCUT2D eigenvalue weighted by molar-refractivity contribution is 7.92. The van der Waals surface area contributed by atoms with Crippen LogP contribution in [-0.4, -0.2) is 42.1 Å². The topological polar surface area (TPSA) is 115 Å². The number of imidazole rings is 1. The number of rotatable bonds is 7. The summed E-state index contributed by atoms with van der Waals surface area (Å²) in [6.07, 6.45) is 4.46. The van der Waals surface area contributed by atoms with Gasteiger partial charge in [-0.3, -0.25) is 9.52 Å². The third-order valence-electron chi connectivity index (χ3n) is 6.12. The third kappa shape index (κ3) is 5.99. The summed E-state index contributed by atoms with van der Waals surface area (Å²) in [5.74, 6) is 1.64. The van der Waals surface area contributed by atoms with Crippen molar-refractivity contribution in [2.45, 2.75) is 63.8 Å². The number of aryl methyl sites for hydroxylation is 1. The number of sulfonamides is 1. The van der Waals surface area contributed by atoms with E-state index in [1.807, 2.05) is 6.07 Å². The van der Waals surface area contributed by atoms with E-state index >= 15 is 0 Å². The standard InChI is InChI=1S/C25H33N5O4S/c1-17(31)27-23-8-6-20(16-26-23)35(32,33)29-19-5-7-22-21(15-19)28-24(25(2,3)4)30(22)12-9-18-10-13-34-14-11-18/h5-8,15-16,18,29H,9-14H2,1-4H3,(H,26,27,31). The lowest BCUT2D eigenvalue weighted by Crippen LogP contribution is -2.21. The highest BCUT2D eigenvalue weighted by atomic mass is 32.2. The smallest absolute Gasteiger partial charge is 0.263 e. The molecule has 9 nitrogen and oxygen atoms in total. The third-order valence-corrected chi connectivity index (χ3v) is 7.49. The largest absolute Gasteiger partial charge is 0.381 e. The summed E-state index contributed by atoms with van der Waals surface area (Å²) >= 11 is 0. The molecule has 0 saturated carbocycles. The normalized spacial score (nSPS) is 15.3. The number of anilines is 2. The van der Waals surface area contributed by atoms with Crippen molar-refractivity contribution in [3.8, 4) is 0 Å². The van der Waals surface area contributed by atoms with Crippen LogP contribution in [0.25, 0.3) is 11.0 Å². The molecular formula is C25H33N5O4S. The average molecular weight is 500 g/mol. The molecule has 2 N–H and O–H groups in total. The molecule has 1 aliphatic rings. The van der Waals surface area contributed by atoms with E-state index in [9.17, 15) is 13.2 Å². The van der Waals surface area contributed by atoms with E-state index < -0.39 is 10.0 Å². The maximum absolute atomic E-state index is 12.9. The first-order valence-corrected chi connectivity index (χ1v) is 13.4. The second-order valence-corrected chi connectivity index (χ2v) is 11.7. The summed E-state index contributed by atoms with van der Waals surface area (Å²) in [5.41, 5.74) is 2.01. The molecule has 0 unspecified atom stereocenters. The van der Waals surface area contributed by atoms with Crippen LogP contribution >= 0.6 is 0 Å². The number of pyridine rings is 1. The van der Waals surface area contributed by atoms with Gasteiger partial charge in [-0.1, -0.05) is 20.8 Å². The number of aromatic nitrogens is 3. The molecule has 3 aromatic rings. The van der Waals surface area contributed by atoms with Crippen LogP contribution in [0, 0.1) is 5.92 Å². The Morgan fingerprint density at radius 1 is 1.17 bits per heavy atom. The maximum atomic E-state index is 12.9. The van der Waals surface area contributed by atoms with Gasteiger partial charge in [0.1, 0.15) is 16.5 Å². The van der Waals surface area contributed by atoms with Gasteiger partial charge in [0.15, 0.2) is 0 Å². The minimum atomic E-state index is -3.86. The number of hydrogen-bond donors (Lipinski definition) is 2. The monoisotopic (exact) mass is 499 g/mol. The van der Waals surface area contributed by atoms with E-state index in [1.54, 1.807) is 12.1 Å². The van der Waals surface area contributed by atoms with Crippen LogP contribution in [0.4, 0.5) is 11.5 Å². The molecule has 3 heterocycles. The van der Waals surface area contributed by atoms with Gasteiger partial charge in [-0.05, 0) is 55.5 Å². The van der Waals surface area contributed by atoms with Crippen LogP contribution in [-0.2, 0) is 31.5 Å². The Balaban J connectivity index is 1.58. The highest BCUT2D eigenvalue weighted by Crippen LogP contribution is 2.30. The zero-order valence-electron chi connectivity index (χ0n) is 20.7. The summed E-state index contributed by atoms with van der Waals surface area (Å²) in [7, 11) is -3.86. The quantitative estimate of drug-likeness (QED) is 0.501. The highest BCUT2D eigenvalue weighted by Gasteiger charge is 2.24. The van der Waals surface area contributed by atoms with Crippen molar-refractivity contribution in [2.75, 3.05) is 23.3 Å². The molecule has 1 amide bonds. The van der Waals surface area contributed by atoms with Gasteiger partial charge in [0.05, 0.1) is 16.7 Å². The van der Waals surface area contributed by atoms with Crippen LogP contribution in [0.1, 0.15) is 52.8 Å². The Morgan fingerprint density at radius 3 is 2.54 bits per heavy atom. The fourth-order valence-electron chi connectivity index (χ4n) is 4.35. The molecule has 0 aliphatic carbocycles. The number of amides is 1. The Kier molecular flexibility index (Phi) is 7.14. The van der Waals surface area contributed by atoms with Crippen LogP contribution in [0.15, 0.2) is 41.4 Å². The van der Waals surface area contributed by atoms with E-state index in [-0.39, 0.29) is 16.2 Å². The minimum Gasteiger partial charge on any atom is -0.381 e.